The number of amides is 1. The number of piperidine rings is 1. The van der Waals surface area contributed by atoms with Gasteiger partial charge in [-0.1, -0.05) is 32.1 Å². The lowest BCUT2D eigenvalue weighted by molar-refractivity contribution is -0.122. The van der Waals surface area contributed by atoms with E-state index in [4.69, 9.17) is 0 Å². The van der Waals surface area contributed by atoms with Crippen molar-refractivity contribution in [1.29, 1.82) is 0 Å². The van der Waals surface area contributed by atoms with E-state index >= 15 is 0 Å². The van der Waals surface area contributed by atoms with Crippen LogP contribution in [-0.4, -0.2) is 42.3 Å². The number of carbonyl (C=O) groups is 1. The minimum absolute atomic E-state index is 0.0272. The molecule has 7 heteroatoms. The van der Waals surface area contributed by atoms with Crippen LogP contribution in [0.5, 0.6) is 0 Å². The molecule has 2 heterocycles. The van der Waals surface area contributed by atoms with E-state index in [0.29, 0.717) is 18.0 Å². The molecule has 1 amide bonds. The molecule has 0 unspecified atom stereocenters. The average molecular weight is 418 g/mol. The van der Waals surface area contributed by atoms with Gasteiger partial charge >= 0.3 is 0 Å². The topological polar surface area (TPSA) is 71.4 Å². The second-order valence-electron chi connectivity index (χ2n) is 8.39. The fourth-order valence-corrected chi connectivity index (χ4v) is 6.14. The standard InChI is InChI=1S/C22H31N3O3S/c26-22(23-19-8-4-1-2-5-9-19)17-24-15-12-18-16-20(10-11-21(18)24)29(27,28)25-13-6-3-7-14-25/h10-12,15-16,19H,1-9,13-14,17H2,(H,23,26). The molecule has 2 aliphatic rings. The Labute approximate surface area is 173 Å². The zero-order chi connectivity index (χ0) is 20.3. The number of hydrogen-bond donors (Lipinski definition) is 1. The zero-order valence-corrected chi connectivity index (χ0v) is 17.8. The molecule has 1 N–H and O–H groups in total. The Morgan fingerprint density at radius 1 is 0.966 bits per heavy atom. The molecule has 2 fully saturated rings. The van der Waals surface area contributed by atoms with E-state index in [-0.39, 0.29) is 18.5 Å². The molecule has 1 saturated heterocycles. The Morgan fingerprint density at radius 2 is 1.66 bits per heavy atom. The highest BCUT2D eigenvalue weighted by Crippen LogP contribution is 2.25. The Bertz CT molecular complexity index is 953. The Morgan fingerprint density at radius 3 is 2.38 bits per heavy atom. The van der Waals surface area contributed by atoms with Gasteiger partial charge in [-0.05, 0) is 49.9 Å². The highest BCUT2D eigenvalue weighted by molar-refractivity contribution is 7.89. The Hall–Kier alpha value is -1.86. The third kappa shape index (κ3) is 4.67. The van der Waals surface area contributed by atoms with Crippen LogP contribution >= 0.6 is 0 Å². The normalized spacial score (nSPS) is 19.9. The van der Waals surface area contributed by atoms with Gasteiger partial charge in [-0.15, -0.1) is 0 Å². The van der Waals surface area contributed by atoms with Gasteiger partial charge in [0.15, 0.2) is 0 Å². The van der Waals surface area contributed by atoms with Crippen molar-refractivity contribution in [2.45, 2.75) is 75.3 Å². The van der Waals surface area contributed by atoms with Crippen LogP contribution in [0.25, 0.3) is 10.9 Å². The van der Waals surface area contributed by atoms with Crippen molar-refractivity contribution >= 4 is 26.8 Å². The van der Waals surface area contributed by atoms with Crippen molar-refractivity contribution in [3.63, 3.8) is 0 Å². The number of benzene rings is 1. The quantitative estimate of drug-likeness (QED) is 0.755. The third-order valence-electron chi connectivity index (χ3n) is 6.23. The Balaban J connectivity index is 1.47. The van der Waals surface area contributed by atoms with Gasteiger partial charge in [-0.2, -0.15) is 4.31 Å². The lowest BCUT2D eigenvalue weighted by atomic mass is 10.1. The number of sulfonamides is 1. The van der Waals surface area contributed by atoms with Gasteiger partial charge in [0.25, 0.3) is 0 Å². The van der Waals surface area contributed by atoms with Gasteiger partial charge in [-0.25, -0.2) is 8.42 Å². The summed E-state index contributed by atoms with van der Waals surface area (Å²) < 4.78 is 29.3. The summed E-state index contributed by atoms with van der Waals surface area (Å²) >= 11 is 0. The number of hydrogen-bond acceptors (Lipinski definition) is 3. The molecule has 2 aromatic rings. The molecule has 158 valence electrons. The molecular weight excluding hydrogens is 386 g/mol. The number of carbonyl (C=O) groups excluding carboxylic acids is 1. The van der Waals surface area contributed by atoms with Gasteiger partial charge in [0, 0.05) is 36.2 Å². The number of aromatic nitrogens is 1. The molecule has 1 aromatic heterocycles. The van der Waals surface area contributed by atoms with E-state index in [1.807, 2.05) is 22.9 Å². The van der Waals surface area contributed by atoms with Crippen molar-refractivity contribution in [2.75, 3.05) is 13.1 Å². The number of nitrogens with one attached hydrogen (secondary N) is 1. The van der Waals surface area contributed by atoms with Crippen LogP contribution < -0.4 is 5.32 Å². The summed E-state index contributed by atoms with van der Waals surface area (Å²) in [4.78, 5) is 12.9. The van der Waals surface area contributed by atoms with E-state index in [1.54, 1.807) is 16.4 Å². The van der Waals surface area contributed by atoms with Crippen molar-refractivity contribution in [2.24, 2.45) is 0 Å². The second-order valence-corrected chi connectivity index (χ2v) is 10.3. The summed E-state index contributed by atoms with van der Waals surface area (Å²) in [6.07, 6.45) is 11.8. The number of fused-ring (bicyclic) bond motifs is 1. The molecule has 4 rings (SSSR count). The van der Waals surface area contributed by atoms with Crippen LogP contribution in [0.15, 0.2) is 35.4 Å². The molecule has 1 saturated carbocycles. The van der Waals surface area contributed by atoms with Gasteiger partial charge in [0.2, 0.25) is 15.9 Å². The van der Waals surface area contributed by atoms with Crippen LogP contribution in [0.3, 0.4) is 0 Å². The molecular formula is C22H31N3O3S. The molecule has 0 atom stereocenters. The maximum absolute atomic E-state index is 12.9. The van der Waals surface area contributed by atoms with Gasteiger partial charge in [0.05, 0.1) is 4.90 Å². The van der Waals surface area contributed by atoms with E-state index in [2.05, 4.69) is 5.32 Å². The van der Waals surface area contributed by atoms with E-state index in [1.165, 1.54) is 25.7 Å². The second kappa shape index (κ2) is 8.88. The minimum Gasteiger partial charge on any atom is -0.352 e. The van der Waals surface area contributed by atoms with Crippen LogP contribution in [0.4, 0.5) is 0 Å². The molecule has 0 bridgehead atoms. The highest BCUT2D eigenvalue weighted by atomic mass is 32.2. The number of nitrogens with zero attached hydrogens (tertiary/aromatic N) is 2. The van der Waals surface area contributed by atoms with Crippen LogP contribution in [0.1, 0.15) is 57.8 Å². The van der Waals surface area contributed by atoms with Crippen molar-refractivity contribution in [1.82, 2.24) is 14.2 Å². The maximum Gasteiger partial charge on any atom is 0.243 e. The molecule has 1 aliphatic heterocycles. The summed E-state index contributed by atoms with van der Waals surface area (Å²) in [5, 5.41) is 4.03. The molecule has 29 heavy (non-hydrogen) atoms. The van der Waals surface area contributed by atoms with E-state index < -0.39 is 10.0 Å². The summed E-state index contributed by atoms with van der Waals surface area (Å²) in [6, 6.07) is 7.41. The van der Waals surface area contributed by atoms with Crippen molar-refractivity contribution in [3.05, 3.63) is 30.5 Å². The third-order valence-corrected chi connectivity index (χ3v) is 8.12. The van der Waals surface area contributed by atoms with Gasteiger partial charge < -0.3 is 9.88 Å². The van der Waals surface area contributed by atoms with Crippen LogP contribution in [-0.2, 0) is 21.4 Å². The van der Waals surface area contributed by atoms with E-state index in [0.717, 1.165) is 43.0 Å². The first-order valence-electron chi connectivity index (χ1n) is 10.9. The molecule has 1 aliphatic carbocycles. The molecule has 6 nitrogen and oxygen atoms in total. The predicted octanol–water partition coefficient (Wildman–Crippen LogP) is 3.65. The lowest BCUT2D eigenvalue weighted by Crippen LogP contribution is -2.36. The first-order chi connectivity index (χ1) is 14.0. The number of rotatable bonds is 5. The zero-order valence-electron chi connectivity index (χ0n) is 17.0. The SMILES string of the molecule is O=C(Cn1ccc2cc(S(=O)(=O)N3CCCCC3)ccc21)NC1CCCCCC1. The fourth-order valence-electron chi connectivity index (χ4n) is 4.58. The largest absolute Gasteiger partial charge is 0.352 e. The van der Waals surface area contributed by atoms with Gasteiger partial charge in [-0.3, -0.25) is 4.79 Å². The van der Waals surface area contributed by atoms with Crippen molar-refractivity contribution in [3.8, 4) is 0 Å². The van der Waals surface area contributed by atoms with Crippen LogP contribution in [0.2, 0.25) is 0 Å². The van der Waals surface area contributed by atoms with E-state index in [9.17, 15) is 13.2 Å². The highest BCUT2D eigenvalue weighted by Gasteiger charge is 2.26. The molecule has 0 spiro atoms. The monoisotopic (exact) mass is 417 g/mol. The Kier molecular flexibility index (Phi) is 6.25. The average Bonchev–Trinajstić information content (AvgIpc) is 2.94. The molecule has 1 aromatic carbocycles. The summed E-state index contributed by atoms with van der Waals surface area (Å²) in [5.41, 5.74) is 0.888. The predicted molar refractivity (Wildman–Crippen MR) is 114 cm³/mol. The van der Waals surface area contributed by atoms with Gasteiger partial charge in [0.1, 0.15) is 6.54 Å². The maximum atomic E-state index is 12.9. The summed E-state index contributed by atoms with van der Waals surface area (Å²) in [7, 11) is -3.45. The lowest BCUT2D eigenvalue weighted by Gasteiger charge is -2.25. The first kappa shape index (κ1) is 20.4. The first-order valence-corrected chi connectivity index (χ1v) is 12.4. The smallest absolute Gasteiger partial charge is 0.243 e. The minimum atomic E-state index is -3.45. The summed E-state index contributed by atoms with van der Waals surface area (Å²) in [6.45, 7) is 1.46. The van der Waals surface area contributed by atoms with Crippen LogP contribution in [0, 0.1) is 0 Å². The summed E-state index contributed by atoms with van der Waals surface area (Å²) in [5.74, 6) is 0.0272. The molecule has 0 radical (unpaired) electrons. The fraction of sp³-hybridized carbons (Fsp3) is 0.591. The van der Waals surface area contributed by atoms with Crippen molar-refractivity contribution < 1.29 is 13.2 Å².